The van der Waals surface area contributed by atoms with Crippen molar-refractivity contribution in [1.29, 1.82) is 0 Å². The van der Waals surface area contributed by atoms with Crippen molar-refractivity contribution >= 4 is 33.3 Å². The number of hydrogen-bond donors (Lipinski definition) is 2. The van der Waals surface area contributed by atoms with Crippen LogP contribution in [0.3, 0.4) is 0 Å². The van der Waals surface area contributed by atoms with Crippen LogP contribution < -0.4 is 5.32 Å². The maximum atomic E-state index is 12.7. The first-order chi connectivity index (χ1) is 20.1. The van der Waals surface area contributed by atoms with Crippen LogP contribution in [0, 0.1) is 6.92 Å². The summed E-state index contributed by atoms with van der Waals surface area (Å²) in [5.41, 5.74) is 7.16. The molecule has 0 radical (unpaired) electrons. The van der Waals surface area contributed by atoms with Gasteiger partial charge in [0.2, 0.25) is 0 Å². The number of carboxylic acids is 1. The molecule has 0 bridgehead atoms. The SMILES string of the molecule is Cc1cccc2c1c(Cc1c(-c3ccc4ccccc4c3C(=O)O)nc3ccccn13)cn2CCN1CCNCC1. The number of imidazole rings is 1. The fraction of sp³-hybridized carbons (Fsp3) is 0.235. The number of pyridine rings is 1. The zero-order chi connectivity index (χ0) is 27.9. The first-order valence-corrected chi connectivity index (χ1v) is 14.3. The standard InChI is InChI=1S/C34H33N5O2/c1-23-7-6-10-28-31(23)25(22-38(28)20-19-37-17-14-35-15-18-37)21-29-33(36-30-11-4-5-16-39(29)30)27-13-12-24-8-2-3-9-26(24)32(27)34(40)41/h2-13,16,22,35H,14-15,17-21H2,1H3,(H,40,41). The minimum Gasteiger partial charge on any atom is -0.478 e. The van der Waals surface area contributed by atoms with Gasteiger partial charge in [0, 0.05) is 74.5 Å². The maximum Gasteiger partial charge on any atom is 0.337 e. The van der Waals surface area contributed by atoms with Crippen molar-refractivity contribution in [3.05, 3.63) is 108 Å². The van der Waals surface area contributed by atoms with Crippen LogP contribution in [0.4, 0.5) is 0 Å². The van der Waals surface area contributed by atoms with Crippen LogP contribution in [0.2, 0.25) is 0 Å². The third-order valence-electron chi connectivity index (χ3n) is 8.44. The Morgan fingerprint density at radius 3 is 2.63 bits per heavy atom. The molecule has 4 heterocycles. The second-order valence-corrected chi connectivity index (χ2v) is 10.9. The third-order valence-corrected chi connectivity index (χ3v) is 8.44. The average molecular weight is 544 g/mol. The first kappa shape index (κ1) is 25.5. The fourth-order valence-corrected chi connectivity index (χ4v) is 6.45. The molecule has 0 unspecified atom stereocenters. The first-order valence-electron chi connectivity index (χ1n) is 14.3. The van der Waals surface area contributed by atoms with Crippen molar-refractivity contribution < 1.29 is 9.90 Å². The predicted octanol–water partition coefficient (Wildman–Crippen LogP) is 5.61. The molecule has 2 N–H and O–H groups in total. The summed E-state index contributed by atoms with van der Waals surface area (Å²) >= 11 is 0. The van der Waals surface area contributed by atoms with Gasteiger partial charge in [0.25, 0.3) is 0 Å². The minimum atomic E-state index is -0.944. The van der Waals surface area contributed by atoms with Gasteiger partial charge in [-0.15, -0.1) is 0 Å². The number of aromatic nitrogens is 3. The highest BCUT2D eigenvalue weighted by atomic mass is 16.4. The molecule has 1 fully saturated rings. The lowest BCUT2D eigenvalue weighted by Gasteiger charge is -2.27. The van der Waals surface area contributed by atoms with E-state index >= 15 is 0 Å². The number of fused-ring (bicyclic) bond motifs is 3. The highest BCUT2D eigenvalue weighted by Crippen LogP contribution is 2.35. The summed E-state index contributed by atoms with van der Waals surface area (Å²) in [6, 6.07) is 24.1. The van der Waals surface area contributed by atoms with Crippen LogP contribution in [-0.2, 0) is 13.0 Å². The van der Waals surface area contributed by atoms with Gasteiger partial charge in [-0.25, -0.2) is 9.78 Å². The molecular weight excluding hydrogens is 510 g/mol. The number of carbonyl (C=O) groups is 1. The van der Waals surface area contributed by atoms with Crippen molar-refractivity contribution in [2.75, 3.05) is 32.7 Å². The van der Waals surface area contributed by atoms with E-state index in [9.17, 15) is 9.90 Å². The molecule has 0 aliphatic carbocycles. The lowest BCUT2D eigenvalue weighted by atomic mass is 9.94. The Hall–Kier alpha value is -4.46. The molecule has 0 saturated carbocycles. The van der Waals surface area contributed by atoms with Gasteiger partial charge in [-0.1, -0.05) is 54.6 Å². The molecule has 1 aliphatic heterocycles. The molecule has 7 nitrogen and oxygen atoms in total. The smallest absolute Gasteiger partial charge is 0.337 e. The van der Waals surface area contributed by atoms with Crippen LogP contribution in [0.1, 0.15) is 27.2 Å². The summed E-state index contributed by atoms with van der Waals surface area (Å²) in [6.07, 6.45) is 4.96. The Labute approximate surface area is 238 Å². The molecule has 1 aliphatic rings. The Bertz CT molecular complexity index is 1910. The zero-order valence-corrected chi connectivity index (χ0v) is 23.2. The van der Waals surface area contributed by atoms with Crippen molar-refractivity contribution in [3.8, 4) is 11.3 Å². The Kier molecular flexibility index (Phi) is 6.53. The fourth-order valence-electron chi connectivity index (χ4n) is 6.45. The van der Waals surface area contributed by atoms with E-state index in [-0.39, 0.29) is 0 Å². The van der Waals surface area contributed by atoms with Gasteiger partial charge in [-0.3, -0.25) is 4.90 Å². The van der Waals surface area contributed by atoms with Gasteiger partial charge in [-0.05, 0) is 47.0 Å². The molecule has 1 saturated heterocycles. The van der Waals surface area contributed by atoms with Crippen LogP contribution in [-0.4, -0.2) is 62.7 Å². The van der Waals surface area contributed by atoms with Gasteiger partial charge < -0.3 is 19.4 Å². The van der Waals surface area contributed by atoms with E-state index in [0.717, 1.165) is 67.1 Å². The van der Waals surface area contributed by atoms with Crippen LogP contribution >= 0.6 is 0 Å². The van der Waals surface area contributed by atoms with Crippen molar-refractivity contribution in [2.24, 2.45) is 0 Å². The topological polar surface area (TPSA) is 74.8 Å². The molecule has 0 amide bonds. The maximum absolute atomic E-state index is 12.7. The monoisotopic (exact) mass is 543 g/mol. The van der Waals surface area contributed by atoms with Crippen LogP contribution in [0.15, 0.2) is 85.2 Å². The molecule has 7 rings (SSSR count). The van der Waals surface area contributed by atoms with Crippen molar-refractivity contribution in [1.82, 2.24) is 24.2 Å². The van der Waals surface area contributed by atoms with E-state index < -0.39 is 5.97 Å². The molecule has 206 valence electrons. The highest BCUT2D eigenvalue weighted by molar-refractivity contribution is 6.09. The van der Waals surface area contributed by atoms with Crippen molar-refractivity contribution in [2.45, 2.75) is 19.9 Å². The third kappa shape index (κ3) is 4.57. The number of hydrogen-bond acceptors (Lipinski definition) is 4. The Morgan fingerprint density at radius 1 is 0.951 bits per heavy atom. The summed E-state index contributed by atoms with van der Waals surface area (Å²) < 4.78 is 4.50. The van der Waals surface area contributed by atoms with E-state index in [1.165, 1.54) is 22.0 Å². The molecule has 3 aromatic carbocycles. The number of piperazine rings is 1. The summed E-state index contributed by atoms with van der Waals surface area (Å²) in [5, 5.41) is 16.7. The Balaban J connectivity index is 1.37. The quantitative estimate of drug-likeness (QED) is 0.274. The highest BCUT2D eigenvalue weighted by Gasteiger charge is 2.23. The summed E-state index contributed by atoms with van der Waals surface area (Å²) in [6.45, 7) is 8.35. The summed E-state index contributed by atoms with van der Waals surface area (Å²) in [4.78, 5) is 20.2. The van der Waals surface area contributed by atoms with Crippen LogP contribution in [0.5, 0.6) is 0 Å². The minimum absolute atomic E-state index is 0.294. The van der Waals surface area contributed by atoms with Gasteiger partial charge in [0.1, 0.15) is 5.65 Å². The van der Waals surface area contributed by atoms with E-state index in [0.29, 0.717) is 17.5 Å². The predicted molar refractivity (Wildman–Crippen MR) is 164 cm³/mol. The lowest BCUT2D eigenvalue weighted by molar-refractivity contribution is 0.0700. The van der Waals surface area contributed by atoms with Gasteiger partial charge in [0.15, 0.2) is 0 Å². The largest absolute Gasteiger partial charge is 0.478 e. The number of nitrogens with zero attached hydrogens (tertiary/aromatic N) is 4. The molecular formula is C34H33N5O2. The van der Waals surface area contributed by atoms with Gasteiger partial charge in [-0.2, -0.15) is 0 Å². The Morgan fingerprint density at radius 2 is 1.78 bits per heavy atom. The normalized spacial score (nSPS) is 14.4. The van der Waals surface area contributed by atoms with E-state index in [4.69, 9.17) is 4.98 Å². The summed E-state index contributed by atoms with van der Waals surface area (Å²) in [7, 11) is 0. The number of rotatable bonds is 7. The van der Waals surface area contributed by atoms with Crippen molar-refractivity contribution in [3.63, 3.8) is 0 Å². The zero-order valence-electron chi connectivity index (χ0n) is 23.2. The molecule has 6 aromatic rings. The number of benzene rings is 3. The number of aromatic carboxylic acids is 1. The van der Waals surface area contributed by atoms with E-state index in [1.807, 2.05) is 60.8 Å². The molecule has 0 atom stereocenters. The number of aryl methyl sites for hydroxylation is 1. The lowest BCUT2D eigenvalue weighted by Crippen LogP contribution is -2.44. The van der Waals surface area contributed by atoms with E-state index in [1.54, 1.807) is 0 Å². The molecule has 0 spiro atoms. The van der Waals surface area contributed by atoms with Gasteiger partial charge >= 0.3 is 5.97 Å². The molecule has 3 aromatic heterocycles. The second-order valence-electron chi connectivity index (χ2n) is 10.9. The summed E-state index contributed by atoms with van der Waals surface area (Å²) in [5.74, 6) is -0.944. The molecule has 7 heteroatoms. The number of nitrogens with one attached hydrogen (secondary N) is 1. The van der Waals surface area contributed by atoms with Gasteiger partial charge in [0.05, 0.1) is 17.0 Å². The van der Waals surface area contributed by atoms with Crippen LogP contribution in [0.25, 0.3) is 38.6 Å². The molecule has 41 heavy (non-hydrogen) atoms. The number of carboxylic acid groups (broad SMARTS) is 1. The second kappa shape index (κ2) is 10.5. The average Bonchev–Trinajstić information content (AvgIpc) is 3.55. The van der Waals surface area contributed by atoms with E-state index in [2.05, 4.69) is 50.5 Å².